The summed E-state index contributed by atoms with van der Waals surface area (Å²) in [4.78, 5) is 26.1. The first kappa shape index (κ1) is 20.1. The first-order valence-corrected chi connectivity index (χ1v) is 10.1. The van der Waals surface area contributed by atoms with Crippen LogP contribution < -0.4 is 5.43 Å². The maximum Gasteiger partial charge on any atom is 0.418 e. The summed E-state index contributed by atoms with van der Waals surface area (Å²) in [6, 6.07) is 5.72. The summed E-state index contributed by atoms with van der Waals surface area (Å²) in [5.41, 5.74) is -2.45. The van der Waals surface area contributed by atoms with Crippen LogP contribution in [0.3, 0.4) is 0 Å². The molecule has 1 fully saturated rings. The maximum absolute atomic E-state index is 13.3. The van der Waals surface area contributed by atoms with E-state index in [4.69, 9.17) is 0 Å². The normalized spacial score (nSPS) is 16.8. The number of nitrogens with zero attached hydrogens (tertiary/aromatic N) is 3. The molecule has 1 amide bonds. The molecule has 1 aliphatic heterocycles. The summed E-state index contributed by atoms with van der Waals surface area (Å²) < 4.78 is 63.9. The highest BCUT2D eigenvalue weighted by atomic mass is 32.2. The van der Waals surface area contributed by atoms with Gasteiger partial charge < -0.3 is 4.90 Å². The van der Waals surface area contributed by atoms with Crippen LogP contribution in [0.4, 0.5) is 13.2 Å². The highest BCUT2D eigenvalue weighted by Gasteiger charge is 2.34. The Labute approximate surface area is 158 Å². The average Bonchev–Trinajstić information content (AvgIpc) is 2.60. The van der Waals surface area contributed by atoms with E-state index in [0.29, 0.717) is 0 Å². The molecule has 2 heterocycles. The van der Waals surface area contributed by atoms with Crippen LogP contribution in [-0.2, 0) is 16.0 Å². The molecule has 1 aliphatic rings. The third-order valence-electron chi connectivity index (χ3n) is 4.38. The van der Waals surface area contributed by atoms with Crippen molar-refractivity contribution in [2.24, 2.45) is 0 Å². The molecule has 3 rings (SSSR count). The van der Waals surface area contributed by atoms with Crippen molar-refractivity contribution in [3.05, 3.63) is 57.5 Å². The first-order chi connectivity index (χ1) is 13.0. The fraction of sp³-hybridized carbons (Fsp3) is 0.353. The molecule has 28 heavy (non-hydrogen) atoms. The van der Waals surface area contributed by atoms with Gasteiger partial charge in [-0.1, -0.05) is 12.1 Å². The Hall–Kier alpha value is -2.69. The van der Waals surface area contributed by atoms with Gasteiger partial charge in [-0.25, -0.2) is 13.1 Å². The van der Waals surface area contributed by atoms with Crippen LogP contribution in [-0.4, -0.2) is 53.6 Å². The molecule has 1 aromatic heterocycles. The molecule has 0 spiro atoms. The molecule has 2 aromatic rings. The van der Waals surface area contributed by atoms with E-state index in [2.05, 4.69) is 5.10 Å². The SMILES string of the molecule is Cc1cc(=O)c(C(=O)N2CCS(=O)(=O)CC2)nn1-c1ccccc1C(F)(F)F. The zero-order valence-electron chi connectivity index (χ0n) is 14.7. The standard InChI is InChI=1S/C17H16F3N3O4S/c1-11-10-14(24)15(16(25)22-6-8-28(26,27)9-7-22)21-23(11)13-5-3-2-4-12(13)17(18,19)20/h2-5,10H,6-9H2,1H3. The quantitative estimate of drug-likeness (QED) is 0.740. The number of hydrogen-bond acceptors (Lipinski definition) is 5. The molecule has 1 aromatic carbocycles. The Kier molecular flexibility index (Phi) is 5.04. The predicted octanol–water partition coefficient (Wildman–Crippen LogP) is 1.43. The van der Waals surface area contributed by atoms with Gasteiger partial charge in [0.1, 0.15) is 0 Å². The van der Waals surface area contributed by atoms with Crippen molar-refractivity contribution < 1.29 is 26.4 Å². The number of aromatic nitrogens is 2. The minimum absolute atomic E-state index is 0.102. The van der Waals surface area contributed by atoms with Crippen molar-refractivity contribution in [2.75, 3.05) is 24.6 Å². The van der Waals surface area contributed by atoms with Crippen molar-refractivity contribution in [1.29, 1.82) is 0 Å². The number of carbonyl (C=O) groups excluding carboxylic acids is 1. The van der Waals surface area contributed by atoms with E-state index >= 15 is 0 Å². The molecule has 0 radical (unpaired) electrons. The van der Waals surface area contributed by atoms with Crippen molar-refractivity contribution in [3.63, 3.8) is 0 Å². The van der Waals surface area contributed by atoms with E-state index < -0.39 is 38.6 Å². The van der Waals surface area contributed by atoms with Gasteiger partial charge in [-0.15, -0.1) is 0 Å². The van der Waals surface area contributed by atoms with Crippen molar-refractivity contribution in [2.45, 2.75) is 13.1 Å². The number of sulfone groups is 1. The number of benzene rings is 1. The fourth-order valence-corrected chi connectivity index (χ4v) is 4.10. The molecule has 0 unspecified atom stereocenters. The second-order valence-electron chi connectivity index (χ2n) is 6.37. The molecule has 7 nitrogen and oxygen atoms in total. The van der Waals surface area contributed by atoms with Crippen LogP contribution in [0.2, 0.25) is 0 Å². The second kappa shape index (κ2) is 7.04. The number of aryl methyl sites for hydroxylation is 1. The van der Waals surface area contributed by atoms with Crippen LogP contribution in [0.5, 0.6) is 0 Å². The summed E-state index contributed by atoms with van der Waals surface area (Å²) in [6.45, 7) is 1.20. The van der Waals surface area contributed by atoms with Crippen LogP contribution in [0, 0.1) is 6.92 Å². The van der Waals surface area contributed by atoms with Gasteiger partial charge in [-0.05, 0) is 19.1 Å². The zero-order chi connectivity index (χ0) is 20.7. The van der Waals surface area contributed by atoms with Crippen molar-refractivity contribution in [3.8, 4) is 5.69 Å². The minimum atomic E-state index is -4.65. The fourth-order valence-electron chi connectivity index (χ4n) is 2.90. The molecule has 150 valence electrons. The van der Waals surface area contributed by atoms with Crippen molar-refractivity contribution >= 4 is 15.7 Å². The van der Waals surface area contributed by atoms with Gasteiger partial charge in [0.05, 0.1) is 22.8 Å². The number of amides is 1. The van der Waals surface area contributed by atoms with Gasteiger partial charge in [0.15, 0.2) is 15.5 Å². The summed E-state index contributed by atoms with van der Waals surface area (Å²) in [5, 5.41) is 3.89. The van der Waals surface area contributed by atoms with Gasteiger partial charge in [0.25, 0.3) is 5.91 Å². The highest BCUT2D eigenvalue weighted by Crippen LogP contribution is 2.33. The largest absolute Gasteiger partial charge is 0.418 e. The van der Waals surface area contributed by atoms with Gasteiger partial charge in [-0.2, -0.15) is 18.3 Å². The van der Waals surface area contributed by atoms with E-state index in [0.717, 1.165) is 16.8 Å². The number of carbonyl (C=O) groups is 1. The van der Waals surface area contributed by atoms with E-state index in [1.807, 2.05) is 0 Å². The van der Waals surface area contributed by atoms with Crippen molar-refractivity contribution in [1.82, 2.24) is 14.7 Å². The molecule has 0 saturated carbocycles. The highest BCUT2D eigenvalue weighted by molar-refractivity contribution is 7.91. The van der Waals surface area contributed by atoms with E-state index in [1.165, 1.54) is 30.0 Å². The number of rotatable bonds is 2. The maximum atomic E-state index is 13.3. The zero-order valence-corrected chi connectivity index (χ0v) is 15.5. The third-order valence-corrected chi connectivity index (χ3v) is 5.99. The van der Waals surface area contributed by atoms with E-state index in [1.54, 1.807) is 0 Å². The Morgan fingerprint density at radius 3 is 2.36 bits per heavy atom. The van der Waals surface area contributed by atoms with Crippen LogP contribution in [0.1, 0.15) is 21.7 Å². The van der Waals surface area contributed by atoms with Gasteiger partial charge in [0.2, 0.25) is 5.43 Å². The second-order valence-corrected chi connectivity index (χ2v) is 8.67. The summed E-state index contributed by atoms with van der Waals surface area (Å²) >= 11 is 0. The molecule has 0 bridgehead atoms. The first-order valence-electron chi connectivity index (χ1n) is 8.27. The molecule has 0 aliphatic carbocycles. The summed E-state index contributed by atoms with van der Waals surface area (Å²) in [5.74, 6) is -1.29. The van der Waals surface area contributed by atoms with Crippen LogP contribution in [0.25, 0.3) is 5.69 Å². The monoisotopic (exact) mass is 415 g/mol. The molecule has 11 heteroatoms. The number of hydrogen-bond donors (Lipinski definition) is 0. The molecule has 1 saturated heterocycles. The number of para-hydroxylation sites is 1. The molecule has 0 atom stereocenters. The average molecular weight is 415 g/mol. The predicted molar refractivity (Wildman–Crippen MR) is 94.1 cm³/mol. The van der Waals surface area contributed by atoms with Crippen LogP contribution >= 0.6 is 0 Å². The number of alkyl halides is 3. The lowest BCUT2D eigenvalue weighted by atomic mass is 10.1. The molecular formula is C17H16F3N3O4S. The van der Waals surface area contributed by atoms with Gasteiger partial charge >= 0.3 is 6.18 Å². The lowest BCUT2D eigenvalue weighted by molar-refractivity contribution is -0.137. The van der Waals surface area contributed by atoms with Crippen LogP contribution in [0.15, 0.2) is 35.1 Å². The summed E-state index contributed by atoms with van der Waals surface area (Å²) in [6.07, 6.45) is -4.65. The van der Waals surface area contributed by atoms with Gasteiger partial charge in [0, 0.05) is 24.8 Å². The molecular weight excluding hydrogens is 399 g/mol. The summed E-state index contributed by atoms with van der Waals surface area (Å²) in [7, 11) is -3.24. The Bertz CT molecular complexity index is 1080. The van der Waals surface area contributed by atoms with E-state index in [9.17, 15) is 31.2 Å². The lowest BCUT2D eigenvalue weighted by Gasteiger charge is -2.26. The topological polar surface area (TPSA) is 89.3 Å². The molecule has 0 N–H and O–H groups in total. The Morgan fingerprint density at radius 1 is 1.14 bits per heavy atom. The lowest BCUT2D eigenvalue weighted by Crippen LogP contribution is -2.45. The Morgan fingerprint density at radius 2 is 1.75 bits per heavy atom. The third kappa shape index (κ3) is 3.93. The number of halogens is 3. The van der Waals surface area contributed by atoms with Gasteiger partial charge in [-0.3, -0.25) is 9.59 Å². The Balaban J connectivity index is 2.06. The smallest absolute Gasteiger partial charge is 0.335 e. The minimum Gasteiger partial charge on any atom is -0.335 e. The van der Waals surface area contributed by atoms with E-state index in [-0.39, 0.29) is 36.0 Å².